The van der Waals surface area contributed by atoms with Crippen molar-refractivity contribution in [2.75, 3.05) is 27.3 Å². The number of Topliss-reactive ketones (excluding diaryl/α,β-unsaturated/α-hetero) is 1. The molecule has 1 fully saturated rings. The van der Waals surface area contributed by atoms with Gasteiger partial charge in [-0.3, -0.25) is 4.79 Å². The molecule has 0 aromatic heterocycles. The summed E-state index contributed by atoms with van der Waals surface area (Å²) in [7, 11) is 4.12. The summed E-state index contributed by atoms with van der Waals surface area (Å²) >= 11 is 0. The minimum atomic E-state index is 0.292. The second kappa shape index (κ2) is 6.23. The molecule has 0 aromatic rings. The second-order valence-corrected chi connectivity index (χ2v) is 4.82. The Morgan fingerprint density at radius 1 is 1.40 bits per heavy atom. The van der Waals surface area contributed by atoms with Gasteiger partial charge in [0.1, 0.15) is 5.78 Å². The van der Waals surface area contributed by atoms with E-state index in [2.05, 4.69) is 19.0 Å². The summed E-state index contributed by atoms with van der Waals surface area (Å²) in [6.45, 7) is 3.47. The molecule has 1 unspecified atom stereocenters. The van der Waals surface area contributed by atoms with Gasteiger partial charge in [-0.1, -0.05) is 0 Å². The summed E-state index contributed by atoms with van der Waals surface area (Å²) in [6.07, 6.45) is 4.13. The Balaban J connectivity index is 2.38. The van der Waals surface area contributed by atoms with Gasteiger partial charge in [0.15, 0.2) is 0 Å². The van der Waals surface area contributed by atoms with Gasteiger partial charge >= 0.3 is 0 Å². The Kier molecular flexibility index (Phi) is 5.26. The minimum absolute atomic E-state index is 0.292. The van der Waals surface area contributed by atoms with Crippen molar-refractivity contribution in [3.63, 3.8) is 0 Å². The third-order valence-corrected chi connectivity index (χ3v) is 3.20. The molecular weight excluding hydrogens is 190 g/mol. The van der Waals surface area contributed by atoms with Crippen LogP contribution in [-0.2, 0) is 9.53 Å². The molecule has 0 amide bonds. The highest BCUT2D eigenvalue weighted by Crippen LogP contribution is 2.23. The maximum Gasteiger partial charge on any atom is 0.131 e. The van der Waals surface area contributed by atoms with Crippen molar-refractivity contribution in [1.82, 2.24) is 4.90 Å². The Morgan fingerprint density at radius 3 is 2.47 bits per heavy atom. The molecule has 0 spiro atoms. The van der Waals surface area contributed by atoms with Crippen LogP contribution in [0, 0.1) is 5.92 Å². The second-order valence-electron chi connectivity index (χ2n) is 4.82. The first-order valence-corrected chi connectivity index (χ1v) is 5.83. The lowest BCUT2D eigenvalue weighted by Gasteiger charge is -2.30. The molecule has 0 radical (unpaired) electrons. The van der Waals surface area contributed by atoms with Gasteiger partial charge in [0, 0.05) is 25.7 Å². The first kappa shape index (κ1) is 12.7. The summed E-state index contributed by atoms with van der Waals surface area (Å²) in [5.41, 5.74) is 0. The Bertz CT molecular complexity index is 198. The van der Waals surface area contributed by atoms with Crippen LogP contribution in [0.3, 0.4) is 0 Å². The summed E-state index contributed by atoms with van der Waals surface area (Å²) in [5, 5.41) is 0. The molecule has 3 nitrogen and oxygen atoms in total. The van der Waals surface area contributed by atoms with Crippen LogP contribution >= 0.6 is 0 Å². The van der Waals surface area contributed by atoms with Gasteiger partial charge < -0.3 is 9.64 Å². The lowest BCUT2D eigenvalue weighted by atomic mass is 9.90. The van der Waals surface area contributed by atoms with Crippen LogP contribution in [0.1, 0.15) is 32.6 Å². The highest BCUT2D eigenvalue weighted by molar-refractivity contribution is 5.76. The number of nitrogens with zero attached hydrogens (tertiary/aromatic N) is 1. The molecule has 1 atom stereocenters. The van der Waals surface area contributed by atoms with E-state index in [1.165, 1.54) is 0 Å². The maximum absolute atomic E-state index is 11.1. The molecule has 1 saturated heterocycles. The third kappa shape index (κ3) is 4.76. The van der Waals surface area contributed by atoms with E-state index in [1.54, 1.807) is 6.92 Å². The molecular formula is C12H23NO2. The van der Waals surface area contributed by atoms with E-state index < -0.39 is 0 Å². The first-order chi connectivity index (χ1) is 7.09. The highest BCUT2D eigenvalue weighted by Gasteiger charge is 2.21. The molecule has 1 aliphatic rings. The van der Waals surface area contributed by atoms with Crippen molar-refractivity contribution in [3.8, 4) is 0 Å². The molecule has 3 heteroatoms. The van der Waals surface area contributed by atoms with E-state index in [9.17, 15) is 4.79 Å². The van der Waals surface area contributed by atoms with Gasteiger partial charge in [0.25, 0.3) is 0 Å². The van der Waals surface area contributed by atoms with Crippen molar-refractivity contribution in [3.05, 3.63) is 0 Å². The quantitative estimate of drug-likeness (QED) is 0.696. The van der Waals surface area contributed by atoms with Crippen LogP contribution in [0.4, 0.5) is 0 Å². The molecule has 0 aromatic carbocycles. The maximum atomic E-state index is 11.1. The van der Waals surface area contributed by atoms with E-state index in [-0.39, 0.29) is 0 Å². The summed E-state index contributed by atoms with van der Waals surface area (Å²) < 4.78 is 5.34. The van der Waals surface area contributed by atoms with E-state index >= 15 is 0 Å². The zero-order chi connectivity index (χ0) is 11.3. The third-order valence-electron chi connectivity index (χ3n) is 3.20. The van der Waals surface area contributed by atoms with E-state index in [4.69, 9.17) is 4.74 Å². The van der Waals surface area contributed by atoms with Crippen molar-refractivity contribution >= 4 is 5.78 Å². The van der Waals surface area contributed by atoms with Gasteiger partial charge in [0.05, 0.1) is 0 Å². The number of ether oxygens (including phenoxy) is 1. The average Bonchev–Trinajstić information content (AvgIpc) is 2.17. The van der Waals surface area contributed by atoms with Gasteiger partial charge in [-0.25, -0.2) is 0 Å². The van der Waals surface area contributed by atoms with Gasteiger partial charge in [-0.15, -0.1) is 0 Å². The molecule has 0 N–H and O–H groups in total. The fourth-order valence-corrected chi connectivity index (χ4v) is 2.18. The Morgan fingerprint density at radius 2 is 2.00 bits per heavy atom. The molecule has 1 rings (SSSR count). The lowest BCUT2D eigenvalue weighted by molar-refractivity contribution is -0.118. The van der Waals surface area contributed by atoms with Crippen LogP contribution in [0.25, 0.3) is 0 Å². The Hall–Kier alpha value is -0.410. The fraction of sp³-hybridized carbons (Fsp3) is 0.917. The average molecular weight is 213 g/mol. The predicted octanol–water partition coefficient (Wildman–Crippen LogP) is 1.71. The molecule has 0 saturated carbocycles. The monoisotopic (exact) mass is 213 g/mol. The predicted molar refractivity (Wildman–Crippen MR) is 60.9 cm³/mol. The molecule has 1 aliphatic heterocycles. The largest absolute Gasteiger partial charge is 0.381 e. The summed E-state index contributed by atoms with van der Waals surface area (Å²) in [6, 6.07) is 0.408. The van der Waals surface area contributed by atoms with Crippen LogP contribution < -0.4 is 0 Å². The molecule has 15 heavy (non-hydrogen) atoms. The lowest BCUT2D eigenvalue weighted by Crippen LogP contribution is -2.33. The number of ketones is 1. The number of hydrogen-bond acceptors (Lipinski definition) is 3. The standard InChI is InChI=1S/C12H23NO2/c1-10(14)8-12(13(2)3)9-11-4-6-15-7-5-11/h11-12H,4-9H2,1-3H3. The van der Waals surface area contributed by atoms with Crippen LogP contribution in [0.2, 0.25) is 0 Å². The highest BCUT2D eigenvalue weighted by atomic mass is 16.5. The molecule has 0 bridgehead atoms. The van der Waals surface area contributed by atoms with Gasteiger partial charge in [-0.2, -0.15) is 0 Å². The zero-order valence-electron chi connectivity index (χ0n) is 10.2. The van der Waals surface area contributed by atoms with E-state index in [1.807, 2.05) is 0 Å². The number of rotatable bonds is 5. The fourth-order valence-electron chi connectivity index (χ4n) is 2.18. The first-order valence-electron chi connectivity index (χ1n) is 5.83. The normalized spacial score (nSPS) is 20.5. The molecule has 1 heterocycles. The summed E-state index contributed by atoms with van der Waals surface area (Å²) in [4.78, 5) is 13.3. The smallest absolute Gasteiger partial charge is 0.131 e. The van der Waals surface area contributed by atoms with Crippen LogP contribution in [-0.4, -0.2) is 44.0 Å². The molecule has 88 valence electrons. The SMILES string of the molecule is CC(=O)CC(CC1CCOCC1)N(C)C. The van der Waals surface area contributed by atoms with Crippen LogP contribution in [0.15, 0.2) is 0 Å². The minimum Gasteiger partial charge on any atom is -0.381 e. The topological polar surface area (TPSA) is 29.5 Å². The zero-order valence-corrected chi connectivity index (χ0v) is 10.2. The van der Waals surface area contributed by atoms with Crippen molar-refractivity contribution in [2.45, 2.75) is 38.6 Å². The molecule has 0 aliphatic carbocycles. The summed E-state index contributed by atoms with van der Waals surface area (Å²) in [5.74, 6) is 1.03. The number of hydrogen-bond donors (Lipinski definition) is 0. The van der Waals surface area contributed by atoms with Crippen molar-refractivity contribution in [2.24, 2.45) is 5.92 Å². The van der Waals surface area contributed by atoms with Gasteiger partial charge in [-0.05, 0) is 46.2 Å². The van der Waals surface area contributed by atoms with Crippen molar-refractivity contribution in [1.29, 1.82) is 0 Å². The van der Waals surface area contributed by atoms with Gasteiger partial charge in [0.2, 0.25) is 0 Å². The Labute approximate surface area is 92.8 Å². The van der Waals surface area contributed by atoms with E-state index in [0.717, 1.165) is 38.4 Å². The number of carbonyl (C=O) groups excluding carboxylic acids is 1. The van der Waals surface area contributed by atoms with E-state index in [0.29, 0.717) is 18.2 Å². The van der Waals surface area contributed by atoms with Crippen LogP contribution in [0.5, 0.6) is 0 Å². The van der Waals surface area contributed by atoms with Crippen molar-refractivity contribution < 1.29 is 9.53 Å². The number of carbonyl (C=O) groups is 1.